The minimum absolute atomic E-state index is 0.371. The van der Waals surface area contributed by atoms with Gasteiger partial charge in [0.2, 0.25) is 5.88 Å². The lowest BCUT2D eigenvalue weighted by atomic mass is 10.00. The van der Waals surface area contributed by atoms with E-state index in [-0.39, 0.29) is 0 Å². The molecule has 1 aromatic heterocycles. The molecule has 2 aliphatic rings. The van der Waals surface area contributed by atoms with Crippen molar-refractivity contribution < 1.29 is 14.3 Å². The van der Waals surface area contributed by atoms with Crippen molar-refractivity contribution in [2.45, 2.75) is 53.6 Å². The maximum Gasteiger partial charge on any atom is 0.415 e. The molecule has 4 rings (SSSR count). The summed E-state index contributed by atoms with van der Waals surface area (Å²) in [4.78, 5) is 26.4. The Morgan fingerprint density at radius 1 is 1.26 bits per heavy atom. The number of allylic oxidation sites excluding steroid dienone is 1. The van der Waals surface area contributed by atoms with Crippen molar-refractivity contribution in [3.8, 4) is 5.88 Å². The quantitative estimate of drug-likeness (QED) is 0.484. The molecule has 0 unspecified atom stereocenters. The number of aliphatic imine (C=N–C) groups is 1. The minimum atomic E-state index is -0.598. The summed E-state index contributed by atoms with van der Waals surface area (Å²) in [6.07, 6.45) is 4.38. The van der Waals surface area contributed by atoms with Crippen LogP contribution >= 0.6 is 0 Å². The van der Waals surface area contributed by atoms with E-state index < -0.39 is 11.7 Å². The Hall–Kier alpha value is -4.01. The summed E-state index contributed by atoms with van der Waals surface area (Å²) in [5.74, 6) is 1.03. The SMILES string of the molecule is C=C(/N=C1/CN(c2cnc3c(c2C)N(C(=O)OC(C)(C)C)CCO3)CC/C1=C/C)Nc1ccc(NC)c(C)c1. The average Bonchev–Trinajstić information content (AvgIpc) is 2.87. The smallest absolute Gasteiger partial charge is 0.415 e. The molecule has 0 spiro atoms. The third-order valence-electron chi connectivity index (χ3n) is 6.79. The lowest BCUT2D eigenvalue weighted by Crippen LogP contribution is -2.43. The molecule has 0 aliphatic carbocycles. The third kappa shape index (κ3) is 6.35. The second kappa shape index (κ2) is 11.4. The summed E-state index contributed by atoms with van der Waals surface area (Å²) >= 11 is 0. The van der Waals surface area contributed by atoms with E-state index in [1.54, 1.807) is 4.90 Å². The number of nitrogens with zero attached hydrogens (tertiary/aromatic N) is 4. The van der Waals surface area contributed by atoms with Crippen molar-refractivity contribution in [1.82, 2.24) is 4.98 Å². The van der Waals surface area contributed by atoms with Gasteiger partial charge in [0, 0.05) is 30.5 Å². The zero-order valence-corrected chi connectivity index (χ0v) is 24.1. The molecular formula is C30H40N6O3. The van der Waals surface area contributed by atoms with Crippen molar-refractivity contribution >= 4 is 34.6 Å². The van der Waals surface area contributed by atoms with Crippen LogP contribution in [0.3, 0.4) is 0 Å². The van der Waals surface area contributed by atoms with Crippen LogP contribution in [0, 0.1) is 13.8 Å². The van der Waals surface area contributed by atoms with Crippen molar-refractivity contribution in [3.63, 3.8) is 0 Å². The molecule has 1 saturated heterocycles. The molecule has 1 aromatic carbocycles. The van der Waals surface area contributed by atoms with Gasteiger partial charge in [0.25, 0.3) is 0 Å². The predicted octanol–water partition coefficient (Wildman–Crippen LogP) is 6.05. The number of piperidine rings is 1. The van der Waals surface area contributed by atoms with Crippen LogP contribution in [0.4, 0.5) is 27.5 Å². The van der Waals surface area contributed by atoms with E-state index in [0.29, 0.717) is 37.1 Å². The van der Waals surface area contributed by atoms with Crippen LogP contribution in [-0.4, -0.2) is 55.7 Å². The first-order valence-corrected chi connectivity index (χ1v) is 13.4. The molecule has 1 fully saturated rings. The summed E-state index contributed by atoms with van der Waals surface area (Å²) in [6, 6.07) is 6.12. The van der Waals surface area contributed by atoms with Crippen molar-refractivity contribution in [3.05, 3.63) is 59.6 Å². The first-order chi connectivity index (χ1) is 18.5. The molecule has 39 heavy (non-hydrogen) atoms. The summed E-state index contributed by atoms with van der Waals surface area (Å²) in [7, 11) is 1.91. The van der Waals surface area contributed by atoms with Gasteiger partial charge >= 0.3 is 6.09 Å². The Balaban J connectivity index is 1.59. The van der Waals surface area contributed by atoms with Gasteiger partial charge in [0.05, 0.1) is 30.7 Å². The maximum atomic E-state index is 13.0. The van der Waals surface area contributed by atoms with Crippen LogP contribution in [0.25, 0.3) is 0 Å². The molecule has 0 bridgehead atoms. The number of hydrogen-bond donors (Lipinski definition) is 2. The molecule has 3 heterocycles. The number of ether oxygens (including phenoxy) is 2. The van der Waals surface area contributed by atoms with E-state index in [9.17, 15) is 4.79 Å². The highest BCUT2D eigenvalue weighted by molar-refractivity contribution is 6.05. The largest absolute Gasteiger partial charge is 0.474 e. The van der Waals surface area contributed by atoms with Crippen LogP contribution < -0.4 is 25.2 Å². The monoisotopic (exact) mass is 532 g/mol. The molecule has 2 aromatic rings. The molecule has 0 atom stereocenters. The highest BCUT2D eigenvalue weighted by Gasteiger charge is 2.33. The highest BCUT2D eigenvalue weighted by Crippen LogP contribution is 2.39. The molecule has 9 heteroatoms. The molecule has 208 valence electrons. The maximum absolute atomic E-state index is 13.0. The number of nitrogens with one attached hydrogen (secondary N) is 2. The predicted molar refractivity (Wildman–Crippen MR) is 160 cm³/mol. The number of aromatic nitrogens is 1. The number of hydrogen-bond acceptors (Lipinski definition) is 8. The standard InChI is InChI=1S/C30H40N6O3/c1-9-22-12-13-35(18-25(22)34-21(4)33-23-10-11-24(31-8)19(2)16-23)26-17-32-28-27(20(26)3)36(14-15-38-28)29(37)39-30(5,6)7/h9-11,16-17,31,33H,4,12-15,18H2,1-3,5-8H3/b22-9-,34-25-. The summed E-state index contributed by atoms with van der Waals surface area (Å²) in [5, 5.41) is 6.51. The van der Waals surface area contributed by atoms with Crippen molar-refractivity contribution in [2.24, 2.45) is 4.99 Å². The van der Waals surface area contributed by atoms with Crippen molar-refractivity contribution in [2.75, 3.05) is 53.7 Å². The Bertz CT molecular complexity index is 1320. The van der Waals surface area contributed by atoms with Gasteiger partial charge in [-0.2, -0.15) is 0 Å². The number of aryl methyl sites for hydroxylation is 1. The Morgan fingerprint density at radius 3 is 2.69 bits per heavy atom. The van der Waals surface area contributed by atoms with Gasteiger partial charge in [-0.05, 0) is 77.3 Å². The van der Waals surface area contributed by atoms with Crippen LogP contribution in [-0.2, 0) is 4.74 Å². The fourth-order valence-electron chi connectivity index (χ4n) is 4.91. The van der Waals surface area contributed by atoms with E-state index in [1.165, 1.54) is 5.57 Å². The molecule has 2 aliphatic heterocycles. The molecule has 1 amide bonds. The number of anilines is 4. The Kier molecular flexibility index (Phi) is 8.18. The molecule has 9 nitrogen and oxygen atoms in total. The summed E-state index contributed by atoms with van der Waals surface area (Å²) in [5.41, 5.74) is 7.22. The Morgan fingerprint density at radius 2 is 2.03 bits per heavy atom. The topological polar surface area (TPSA) is 91.3 Å². The molecule has 0 saturated carbocycles. The lowest BCUT2D eigenvalue weighted by molar-refractivity contribution is 0.0566. The number of amides is 1. The normalized spacial score (nSPS) is 17.5. The van der Waals surface area contributed by atoms with E-state index >= 15 is 0 Å². The van der Waals surface area contributed by atoms with Gasteiger partial charge in [-0.15, -0.1) is 0 Å². The van der Waals surface area contributed by atoms with Crippen molar-refractivity contribution in [1.29, 1.82) is 0 Å². The summed E-state index contributed by atoms with van der Waals surface area (Å²) in [6.45, 7) is 18.0. The van der Waals surface area contributed by atoms with Gasteiger partial charge in [0.1, 0.15) is 23.7 Å². The number of benzene rings is 1. The number of rotatable bonds is 5. The van der Waals surface area contributed by atoms with Gasteiger partial charge in [-0.1, -0.05) is 12.7 Å². The van der Waals surface area contributed by atoms with E-state index in [2.05, 4.69) is 46.2 Å². The van der Waals surface area contributed by atoms with Gasteiger partial charge in [-0.25, -0.2) is 14.8 Å². The third-order valence-corrected chi connectivity index (χ3v) is 6.79. The number of fused-ring (bicyclic) bond motifs is 1. The van der Waals surface area contributed by atoms with Gasteiger partial charge < -0.3 is 25.0 Å². The Labute approximate surface area is 231 Å². The summed E-state index contributed by atoms with van der Waals surface area (Å²) < 4.78 is 11.5. The number of carbonyl (C=O) groups excluding carboxylic acids is 1. The second-order valence-corrected chi connectivity index (χ2v) is 10.8. The zero-order valence-electron chi connectivity index (χ0n) is 24.1. The fourth-order valence-corrected chi connectivity index (χ4v) is 4.91. The highest BCUT2D eigenvalue weighted by atomic mass is 16.6. The zero-order chi connectivity index (χ0) is 28.3. The second-order valence-electron chi connectivity index (χ2n) is 10.8. The van der Waals surface area contributed by atoms with Gasteiger partial charge in [0.15, 0.2) is 0 Å². The average molecular weight is 533 g/mol. The molecule has 0 radical (unpaired) electrons. The van der Waals surface area contributed by atoms with Crippen LogP contribution in [0.1, 0.15) is 45.2 Å². The fraction of sp³-hybridized carbons (Fsp3) is 0.433. The first kappa shape index (κ1) is 28.0. The number of carbonyl (C=O) groups is 1. The van der Waals surface area contributed by atoms with Crippen LogP contribution in [0.5, 0.6) is 5.88 Å². The minimum Gasteiger partial charge on any atom is -0.474 e. The van der Waals surface area contributed by atoms with E-state index in [4.69, 9.17) is 14.5 Å². The van der Waals surface area contributed by atoms with Crippen LogP contribution in [0.2, 0.25) is 0 Å². The van der Waals surface area contributed by atoms with Gasteiger partial charge in [-0.3, -0.25) is 4.90 Å². The van der Waals surface area contributed by atoms with Crippen LogP contribution in [0.15, 0.2) is 53.4 Å². The lowest BCUT2D eigenvalue weighted by Gasteiger charge is -2.36. The van der Waals surface area contributed by atoms with E-state index in [1.807, 2.05) is 60.0 Å². The number of pyridine rings is 1. The molecule has 2 N–H and O–H groups in total. The van der Waals surface area contributed by atoms with E-state index in [0.717, 1.165) is 46.9 Å². The molecular weight excluding hydrogens is 492 g/mol. The first-order valence-electron chi connectivity index (χ1n) is 13.4.